The summed E-state index contributed by atoms with van der Waals surface area (Å²) in [6.07, 6.45) is 3.33. The van der Waals surface area contributed by atoms with Crippen LogP contribution in [-0.2, 0) is 17.8 Å². The van der Waals surface area contributed by atoms with Gasteiger partial charge in [0.05, 0.1) is 25.4 Å². The summed E-state index contributed by atoms with van der Waals surface area (Å²) >= 11 is 0. The van der Waals surface area contributed by atoms with E-state index in [2.05, 4.69) is 15.2 Å². The van der Waals surface area contributed by atoms with Gasteiger partial charge in [0, 0.05) is 48.8 Å². The number of hydrogen-bond donors (Lipinski definition) is 1. The van der Waals surface area contributed by atoms with E-state index in [1.54, 1.807) is 17.0 Å². The molecule has 4 rings (SSSR count). The Labute approximate surface area is 185 Å². The minimum absolute atomic E-state index is 0.0673. The maximum Gasteiger partial charge on any atom is 0.268 e. The van der Waals surface area contributed by atoms with Crippen molar-refractivity contribution in [2.75, 3.05) is 31.2 Å². The minimum Gasteiger partial charge on any atom is -0.378 e. The van der Waals surface area contributed by atoms with Gasteiger partial charge in [-0.15, -0.1) is 0 Å². The van der Waals surface area contributed by atoms with E-state index in [1.165, 1.54) is 18.2 Å². The van der Waals surface area contributed by atoms with Crippen LogP contribution in [0.3, 0.4) is 0 Å². The smallest absolute Gasteiger partial charge is 0.268 e. The van der Waals surface area contributed by atoms with Crippen LogP contribution < -0.4 is 10.2 Å². The van der Waals surface area contributed by atoms with Gasteiger partial charge in [-0.2, -0.15) is 0 Å². The highest BCUT2D eigenvalue weighted by molar-refractivity contribution is 5.96. The Morgan fingerprint density at radius 2 is 1.75 bits per heavy atom. The number of rotatable bonds is 6. The molecule has 8 heteroatoms. The van der Waals surface area contributed by atoms with Gasteiger partial charge in [-0.25, -0.2) is 8.78 Å². The number of morpholine rings is 1. The summed E-state index contributed by atoms with van der Waals surface area (Å²) in [5.41, 5.74) is 3.74. The van der Waals surface area contributed by atoms with Crippen molar-refractivity contribution in [2.24, 2.45) is 0 Å². The molecule has 32 heavy (non-hydrogen) atoms. The van der Waals surface area contributed by atoms with Crippen molar-refractivity contribution < 1.29 is 18.3 Å². The summed E-state index contributed by atoms with van der Waals surface area (Å²) < 4.78 is 36.1. The number of carbonyl (C=O) groups is 1. The molecule has 1 aliphatic heterocycles. The predicted molar refractivity (Wildman–Crippen MR) is 118 cm³/mol. The first-order valence-corrected chi connectivity index (χ1v) is 10.6. The highest BCUT2D eigenvalue weighted by Crippen LogP contribution is 2.33. The Kier molecular flexibility index (Phi) is 6.50. The molecule has 0 unspecified atom stereocenters. The Morgan fingerprint density at radius 3 is 2.41 bits per heavy atom. The van der Waals surface area contributed by atoms with Crippen molar-refractivity contribution in [3.63, 3.8) is 0 Å². The monoisotopic (exact) mass is 440 g/mol. The molecule has 168 valence electrons. The summed E-state index contributed by atoms with van der Waals surface area (Å²) in [7, 11) is 0. The van der Waals surface area contributed by atoms with Crippen LogP contribution in [0.5, 0.6) is 0 Å². The lowest BCUT2D eigenvalue weighted by molar-refractivity contribution is 0.0941. The topological polar surface area (TPSA) is 59.4 Å². The lowest BCUT2D eigenvalue weighted by Gasteiger charge is -2.29. The van der Waals surface area contributed by atoms with Crippen LogP contribution in [-0.4, -0.2) is 41.8 Å². The largest absolute Gasteiger partial charge is 0.378 e. The van der Waals surface area contributed by atoms with Gasteiger partial charge in [-0.05, 0) is 43.7 Å². The first-order valence-electron chi connectivity index (χ1n) is 10.6. The summed E-state index contributed by atoms with van der Waals surface area (Å²) in [5.74, 6) is -1.56. The second kappa shape index (κ2) is 9.48. The van der Waals surface area contributed by atoms with Gasteiger partial charge in [-0.3, -0.25) is 9.78 Å². The molecule has 1 aromatic carbocycles. The third-order valence-corrected chi connectivity index (χ3v) is 5.85. The van der Waals surface area contributed by atoms with Crippen molar-refractivity contribution in [3.05, 3.63) is 82.4 Å². The molecule has 1 amide bonds. The van der Waals surface area contributed by atoms with Crippen LogP contribution in [0, 0.1) is 25.5 Å². The lowest BCUT2D eigenvalue weighted by atomic mass is 10.1. The number of amides is 1. The highest BCUT2D eigenvalue weighted by Gasteiger charge is 2.27. The van der Waals surface area contributed by atoms with Gasteiger partial charge in [0.25, 0.3) is 5.91 Å². The van der Waals surface area contributed by atoms with Crippen LogP contribution >= 0.6 is 0 Å². The first-order chi connectivity index (χ1) is 15.5. The zero-order valence-corrected chi connectivity index (χ0v) is 18.2. The Hall–Kier alpha value is -3.26. The second-order valence-electron chi connectivity index (χ2n) is 7.83. The predicted octanol–water partition coefficient (Wildman–Crippen LogP) is 3.59. The lowest BCUT2D eigenvalue weighted by Crippen LogP contribution is -2.36. The Morgan fingerprint density at radius 1 is 1.09 bits per heavy atom. The number of pyridine rings is 1. The minimum atomic E-state index is -0.633. The van der Waals surface area contributed by atoms with E-state index in [-0.39, 0.29) is 18.0 Å². The van der Waals surface area contributed by atoms with Crippen molar-refractivity contribution >= 4 is 11.6 Å². The average molecular weight is 440 g/mol. The number of halogens is 2. The van der Waals surface area contributed by atoms with Crippen LogP contribution in [0.1, 0.15) is 32.9 Å². The number of aromatic nitrogens is 2. The summed E-state index contributed by atoms with van der Waals surface area (Å²) in [5, 5.41) is 2.94. The molecule has 1 N–H and O–H groups in total. The van der Waals surface area contributed by atoms with E-state index in [0.29, 0.717) is 38.5 Å². The van der Waals surface area contributed by atoms with E-state index < -0.39 is 11.6 Å². The standard InChI is InChI=1S/C24H26F2N4O2/c1-16-22(29-10-12-32-13-11-29)17(2)30(15-19-20(25)4-3-5-21(19)26)23(16)24(31)28-14-18-6-8-27-9-7-18/h3-9H,10-15H2,1-2H3,(H,28,31). The summed E-state index contributed by atoms with van der Waals surface area (Å²) in [6.45, 7) is 6.59. The van der Waals surface area contributed by atoms with E-state index in [4.69, 9.17) is 4.74 Å². The van der Waals surface area contributed by atoms with E-state index >= 15 is 0 Å². The normalized spacial score (nSPS) is 13.9. The van der Waals surface area contributed by atoms with Crippen LogP contribution in [0.25, 0.3) is 0 Å². The third kappa shape index (κ3) is 4.36. The summed E-state index contributed by atoms with van der Waals surface area (Å²) in [6, 6.07) is 7.45. The molecule has 2 aromatic heterocycles. The number of nitrogens with one attached hydrogen (secondary N) is 1. The van der Waals surface area contributed by atoms with E-state index in [9.17, 15) is 13.6 Å². The number of benzene rings is 1. The number of hydrogen-bond acceptors (Lipinski definition) is 4. The number of anilines is 1. The Balaban J connectivity index is 1.73. The molecule has 3 heterocycles. The molecule has 1 saturated heterocycles. The maximum atomic E-state index is 14.4. The number of carbonyl (C=O) groups excluding carboxylic acids is 1. The molecule has 0 aliphatic carbocycles. The molecule has 1 aliphatic rings. The van der Waals surface area contributed by atoms with Gasteiger partial charge in [0.1, 0.15) is 17.3 Å². The fraction of sp³-hybridized carbons (Fsp3) is 0.333. The van der Waals surface area contributed by atoms with E-state index in [0.717, 1.165) is 22.5 Å². The molecule has 0 bridgehead atoms. The molecule has 0 saturated carbocycles. The molecule has 6 nitrogen and oxygen atoms in total. The van der Waals surface area contributed by atoms with Crippen LogP contribution in [0.15, 0.2) is 42.7 Å². The zero-order valence-electron chi connectivity index (χ0n) is 18.2. The molecule has 0 radical (unpaired) electrons. The zero-order chi connectivity index (χ0) is 22.7. The molecule has 0 atom stereocenters. The SMILES string of the molecule is Cc1c(N2CCOCC2)c(C)n(Cc2c(F)cccc2F)c1C(=O)NCc1ccncc1. The fourth-order valence-electron chi connectivity index (χ4n) is 4.23. The number of nitrogens with zero attached hydrogens (tertiary/aromatic N) is 3. The van der Waals surface area contributed by atoms with Crippen LogP contribution in [0.4, 0.5) is 14.5 Å². The van der Waals surface area contributed by atoms with Crippen LogP contribution in [0.2, 0.25) is 0 Å². The maximum absolute atomic E-state index is 14.4. The average Bonchev–Trinajstić information content (AvgIpc) is 3.05. The van der Waals surface area contributed by atoms with Gasteiger partial charge in [0.2, 0.25) is 0 Å². The van der Waals surface area contributed by atoms with Gasteiger partial charge >= 0.3 is 0 Å². The number of ether oxygens (including phenoxy) is 1. The van der Waals surface area contributed by atoms with Crippen molar-refractivity contribution in [2.45, 2.75) is 26.9 Å². The quantitative estimate of drug-likeness (QED) is 0.637. The van der Waals surface area contributed by atoms with Crippen molar-refractivity contribution in [3.8, 4) is 0 Å². The van der Waals surface area contributed by atoms with Gasteiger partial charge < -0.3 is 19.5 Å². The highest BCUT2D eigenvalue weighted by atomic mass is 19.1. The first kappa shape index (κ1) is 22.0. The van der Waals surface area contributed by atoms with Gasteiger partial charge in [-0.1, -0.05) is 6.07 Å². The van der Waals surface area contributed by atoms with Gasteiger partial charge in [0.15, 0.2) is 0 Å². The fourth-order valence-corrected chi connectivity index (χ4v) is 4.23. The molecular formula is C24H26F2N4O2. The molecule has 1 fully saturated rings. The Bertz CT molecular complexity index is 1090. The summed E-state index contributed by atoms with van der Waals surface area (Å²) in [4.78, 5) is 19.4. The van der Waals surface area contributed by atoms with E-state index in [1.807, 2.05) is 26.0 Å². The molecule has 0 spiro atoms. The third-order valence-electron chi connectivity index (χ3n) is 5.85. The second-order valence-corrected chi connectivity index (χ2v) is 7.83. The van der Waals surface area contributed by atoms with Crippen molar-refractivity contribution in [1.82, 2.24) is 14.9 Å². The van der Waals surface area contributed by atoms with Crippen molar-refractivity contribution in [1.29, 1.82) is 0 Å². The molecular weight excluding hydrogens is 414 g/mol. The molecule has 3 aromatic rings.